The van der Waals surface area contributed by atoms with E-state index >= 15 is 0 Å². The molecular weight excluding hydrogens is 250 g/mol. The zero-order valence-corrected chi connectivity index (χ0v) is 13.0. The molecule has 17 heavy (non-hydrogen) atoms. The fourth-order valence-corrected chi connectivity index (χ4v) is 3.08. The summed E-state index contributed by atoms with van der Waals surface area (Å²) in [6.07, 6.45) is 7.96. The van der Waals surface area contributed by atoms with Crippen molar-refractivity contribution in [3.8, 4) is 0 Å². The van der Waals surface area contributed by atoms with Crippen molar-refractivity contribution in [1.29, 1.82) is 0 Å². The average Bonchev–Trinajstić information content (AvgIpc) is 2.25. The summed E-state index contributed by atoms with van der Waals surface area (Å²) < 4.78 is 7.60. The molecule has 1 rings (SSSR count). The molecular formula is C13H26NOS2+. The highest BCUT2D eigenvalue weighted by Crippen LogP contribution is 2.22. The maximum Gasteiger partial charge on any atom is 0.220 e. The molecule has 1 fully saturated rings. The van der Waals surface area contributed by atoms with Gasteiger partial charge in [0.2, 0.25) is 4.38 Å². The Labute approximate surface area is 116 Å². The molecule has 4 heteroatoms. The van der Waals surface area contributed by atoms with E-state index in [1.54, 1.807) is 11.8 Å². The van der Waals surface area contributed by atoms with Gasteiger partial charge in [0.05, 0.1) is 27.7 Å². The van der Waals surface area contributed by atoms with E-state index in [0.717, 1.165) is 14.6 Å². The lowest BCUT2D eigenvalue weighted by Gasteiger charge is -2.24. The van der Waals surface area contributed by atoms with E-state index in [9.17, 15) is 0 Å². The number of quaternary nitrogens is 1. The van der Waals surface area contributed by atoms with Crippen LogP contribution in [0.2, 0.25) is 0 Å². The quantitative estimate of drug-likeness (QED) is 0.432. The molecule has 0 aromatic heterocycles. The first-order valence-electron chi connectivity index (χ1n) is 6.61. The van der Waals surface area contributed by atoms with E-state index in [-0.39, 0.29) is 0 Å². The zero-order chi connectivity index (χ0) is 12.7. The average molecular weight is 276 g/mol. The Bertz CT molecular complexity index is 232. The van der Waals surface area contributed by atoms with Crippen LogP contribution in [0, 0.1) is 0 Å². The van der Waals surface area contributed by atoms with Crippen molar-refractivity contribution >= 4 is 28.4 Å². The van der Waals surface area contributed by atoms with Crippen LogP contribution in [0.3, 0.4) is 0 Å². The number of hydrogen-bond donors (Lipinski definition) is 0. The minimum Gasteiger partial charge on any atom is -0.475 e. The number of thiocarbonyl (C=S) groups is 1. The van der Waals surface area contributed by atoms with Gasteiger partial charge in [0.1, 0.15) is 6.10 Å². The summed E-state index contributed by atoms with van der Waals surface area (Å²) in [7, 11) is 6.67. The molecule has 1 aliphatic rings. The fourth-order valence-electron chi connectivity index (χ4n) is 2.05. The van der Waals surface area contributed by atoms with Crippen molar-refractivity contribution in [2.24, 2.45) is 0 Å². The van der Waals surface area contributed by atoms with E-state index in [0.29, 0.717) is 6.10 Å². The van der Waals surface area contributed by atoms with Crippen LogP contribution in [0.5, 0.6) is 0 Å². The first-order valence-corrected chi connectivity index (χ1v) is 8.00. The van der Waals surface area contributed by atoms with Gasteiger partial charge in [-0.2, -0.15) is 0 Å². The van der Waals surface area contributed by atoms with Gasteiger partial charge in [-0.25, -0.2) is 0 Å². The standard InChI is InChI=1S/C13H26NOS2/c1-14(2,3)10-7-11-17-13(16)15-12-8-5-4-6-9-12/h12H,4-11H2,1-3H3/q+1. The Hall–Kier alpha value is 0.200. The number of nitrogens with zero attached hydrogens (tertiary/aromatic N) is 1. The molecule has 0 aromatic rings. The largest absolute Gasteiger partial charge is 0.475 e. The molecule has 2 nitrogen and oxygen atoms in total. The highest BCUT2D eigenvalue weighted by atomic mass is 32.2. The van der Waals surface area contributed by atoms with Crippen LogP contribution in [0.15, 0.2) is 0 Å². The van der Waals surface area contributed by atoms with E-state index in [1.807, 2.05) is 0 Å². The van der Waals surface area contributed by atoms with Gasteiger partial charge in [0.15, 0.2) is 0 Å². The van der Waals surface area contributed by atoms with Gasteiger partial charge in [0, 0.05) is 12.2 Å². The monoisotopic (exact) mass is 276 g/mol. The lowest BCUT2D eigenvalue weighted by molar-refractivity contribution is -0.870. The van der Waals surface area contributed by atoms with Gasteiger partial charge in [-0.1, -0.05) is 18.2 Å². The van der Waals surface area contributed by atoms with Gasteiger partial charge >= 0.3 is 0 Å². The summed E-state index contributed by atoms with van der Waals surface area (Å²) in [5.41, 5.74) is 0. The molecule has 0 unspecified atom stereocenters. The second-order valence-corrected chi connectivity index (χ2v) is 7.54. The van der Waals surface area contributed by atoms with Crippen LogP contribution >= 0.6 is 24.0 Å². The van der Waals surface area contributed by atoms with Crippen molar-refractivity contribution in [3.63, 3.8) is 0 Å². The Kier molecular flexibility index (Phi) is 6.82. The van der Waals surface area contributed by atoms with Crippen molar-refractivity contribution in [2.45, 2.75) is 44.6 Å². The Morgan fingerprint density at radius 2 is 1.88 bits per heavy atom. The Morgan fingerprint density at radius 1 is 1.24 bits per heavy atom. The van der Waals surface area contributed by atoms with Gasteiger partial charge in [-0.15, -0.1) is 0 Å². The minimum atomic E-state index is 0.405. The summed E-state index contributed by atoms with van der Waals surface area (Å²) in [6.45, 7) is 1.19. The normalized spacial score (nSPS) is 18.1. The molecule has 0 spiro atoms. The van der Waals surface area contributed by atoms with Gasteiger partial charge in [-0.3, -0.25) is 0 Å². The van der Waals surface area contributed by atoms with Gasteiger partial charge in [-0.05, 0) is 37.9 Å². The van der Waals surface area contributed by atoms with Crippen molar-refractivity contribution < 1.29 is 9.22 Å². The lowest BCUT2D eigenvalue weighted by atomic mass is 9.98. The smallest absolute Gasteiger partial charge is 0.220 e. The van der Waals surface area contributed by atoms with Crippen LogP contribution < -0.4 is 0 Å². The molecule has 0 heterocycles. The van der Waals surface area contributed by atoms with E-state index in [4.69, 9.17) is 17.0 Å². The first kappa shape index (κ1) is 15.3. The minimum absolute atomic E-state index is 0.405. The summed E-state index contributed by atoms with van der Waals surface area (Å²) in [5.74, 6) is 1.08. The van der Waals surface area contributed by atoms with E-state index in [2.05, 4.69) is 21.1 Å². The third kappa shape index (κ3) is 8.01. The predicted molar refractivity (Wildman–Crippen MR) is 80.5 cm³/mol. The molecule has 0 aliphatic heterocycles. The zero-order valence-electron chi connectivity index (χ0n) is 11.4. The number of ether oxygens (including phenoxy) is 1. The van der Waals surface area contributed by atoms with Crippen LogP contribution in [0.25, 0.3) is 0 Å². The first-order chi connectivity index (χ1) is 7.97. The number of hydrogen-bond acceptors (Lipinski definition) is 3. The van der Waals surface area contributed by atoms with E-state index < -0.39 is 0 Å². The van der Waals surface area contributed by atoms with Crippen LogP contribution in [0.4, 0.5) is 0 Å². The number of thioether (sulfide) groups is 1. The molecule has 0 atom stereocenters. The van der Waals surface area contributed by atoms with Crippen molar-refractivity contribution in [2.75, 3.05) is 33.4 Å². The third-order valence-corrected chi connectivity index (χ3v) is 4.28. The maximum absolute atomic E-state index is 5.81. The molecule has 0 N–H and O–H groups in total. The van der Waals surface area contributed by atoms with Crippen LogP contribution in [-0.2, 0) is 4.74 Å². The van der Waals surface area contributed by atoms with Crippen LogP contribution in [-0.4, -0.2) is 48.4 Å². The third-order valence-electron chi connectivity index (χ3n) is 3.01. The Balaban J connectivity index is 2.04. The van der Waals surface area contributed by atoms with E-state index in [1.165, 1.54) is 45.1 Å². The Morgan fingerprint density at radius 3 is 2.47 bits per heavy atom. The molecule has 0 saturated heterocycles. The maximum atomic E-state index is 5.81. The second-order valence-electron chi connectivity index (χ2n) is 5.84. The van der Waals surface area contributed by atoms with Crippen LogP contribution in [0.1, 0.15) is 38.5 Å². The molecule has 0 amide bonds. The summed E-state index contributed by atoms with van der Waals surface area (Å²) >= 11 is 6.99. The highest BCUT2D eigenvalue weighted by Gasteiger charge is 2.16. The molecule has 100 valence electrons. The highest BCUT2D eigenvalue weighted by molar-refractivity contribution is 8.22. The summed E-state index contributed by atoms with van der Waals surface area (Å²) in [4.78, 5) is 0. The van der Waals surface area contributed by atoms with Crippen molar-refractivity contribution in [3.05, 3.63) is 0 Å². The topological polar surface area (TPSA) is 9.23 Å². The van der Waals surface area contributed by atoms with Crippen molar-refractivity contribution in [1.82, 2.24) is 0 Å². The summed E-state index contributed by atoms with van der Waals surface area (Å²) in [5, 5.41) is 0. The molecule has 0 radical (unpaired) electrons. The van der Waals surface area contributed by atoms with Gasteiger partial charge < -0.3 is 9.22 Å². The SMILES string of the molecule is C[N+](C)(C)CCCSC(=S)OC1CCCCC1. The second kappa shape index (κ2) is 7.59. The fraction of sp³-hybridized carbons (Fsp3) is 0.923. The summed E-state index contributed by atoms with van der Waals surface area (Å²) in [6, 6.07) is 0. The number of rotatable bonds is 5. The lowest BCUT2D eigenvalue weighted by Crippen LogP contribution is -2.35. The molecule has 0 bridgehead atoms. The molecule has 0 aromatic carbocycles. The molecule has 1 saturated carbocycles. The van der Waals surface area contributed by atoms with Gasteiger partial charge in [0.25, 0.3) is 0 Å². The predicted octanol–water partition coefficient (Wildman–Crippen LogP) is 3.45. The molecule has 1 aliphatic carbocycles.